The Hall–Kier alpha value is -0.903. The Labute approximate surface area is 125 Å². The molecule has 0 N–H and O–H groups in total. The molecule has 0 aliphatic carbocycles. The van der Waals surface area contributed by atoms with Crippen molar-refractivity contribution in [3.05, 3.63) is 42.0 Å². The molecule has 0 atom stereocenters. The standard InChI is InChI=1S/C17H28O2Si/c1-5-16-12-9-10-13-17(16)14-11-15-19-20(7-3,8-4)18-6-2/h5,9-10,12-13H,1,6-8,11,14-15H2,2-4H3. The predicted molar refractivity (Wildman–Crippen MR) is 89.1 cm³/mol. The molecule has 112 valence electrons. The molecule has 0 bridgehead atoms. The second-order valence-electron chi connectivity index (χ2n) is 4.91. The summed E-state index contributed by atoms with van der Waals surface area (Å²) < 4.78 is 12.1. The normalized spacial score (nSPS) is 11.6. The van der Waals surface area contributed by atoms with Crippen LogP contribution in [0.1, 0.15) is 38.3 Å². The van der Waals surface area contributed by atoms with E-state index in [1.165, 1.54) is 11.1 Å². The zero-order valence-corrected chi connectivity index (χ0v) is 14.2. The molecule has 1 aromatic rings. The fraction of sp³-hybridized carbons (Fsp3) is 0.529. The SMILES string of the molecule is C=Cc1ccccc1CCCO[Si](CC)(CC)OCC. The third-order valence-corrected chi connectivity index (χ3v) is 7.42. The lowest BCUT2D eigenvalue weighted by Crippen LogP contribution is -2.41. The van der Waals surface area contributed by atoms with Crippen molar-refractivity contribution in [3.8, 4) is 0 Å². The Morgan fingerprint density at radius 3 is 2.40 bits per heavy atom. The van der Waals surface area contributed by atoms with Crippen LogP contribution in [0, 0.1) is 0 Å². The Morgan fingerprint density at radius 1 is 1.10 bits per heavy atom. The van der Waals surface area contributed by atoms with E-state index in [2.05, 4.69) is 51.6 Å². The Balaban J connectivity index is 2.46. The number of aryl methyl sites for hydroxylation is 1. The molecule has 0 radical (unpaired) electrons. The van der Waals surface area contributed by atoms with Crippen LogP contribution in [0.2, 0.25) is 12.1 Å². The minimum Gasteiger partial charge on any atom is -0.395 e. The van der Waals surface area contributed by atoms with Crippen LogP contribution < -0.4 is 0 Å². The molecule has 2 nitrogen and oxygen atoms in total. The van der Waals surface area contributed by atoms with Crippen LogP contribution in [-0.4, -0.2) is 21.8 Å². The molecule has 1 rings (SSSR count). The van der Waals surface area contributed by atoms with Gasteiger partial charge in [-0.1, -0.05) is 50.8 Å². The van der Waals surface area contributed by atoms with Crippen LogP contribution in [-0.2, 0) is 15.3 Å². The van der Waals surface area contributed by atoms with Crippen molar-refractivity contribution < 1.29 is 8.85 Å². The van der Waals surface area contributed by atoms with Gasteiger partial charge in [-0.05, 0) is 43.0 Å². The number of hydrogen-bond donors (Lipinski definition) is 0. The molecule has 0 saturated heterocycles. The van der Waals surface area contributed by atoms with E-state index in [9.17, 15) is 0 Å². The summed E-state index contributed by atoms with van der Waals surface area (Å²) in [5, 5.41) is 0. The monoisotopic (exact) mass is 292 g/mol. The van der Waals surface area contributed by atoms with Crippen LogP contribution in [0.3, 0.4) is 0 Å². The quantitative estimate of drug-likeness (QED) is 0.455. The summed E-state index contributed by atoms with van der Waals surface area (Å²) in [7, 11) is -1.92. The molecule has 0 spiro atoms. The van der Waals surface area contributed by atoms with Gasteiger partial charge in [0.1, 0.15) is 0 Å². The second kappa shape index (κ2) is 9.11. The van der Waals surface area contributed by atoms with Gasteiger partial charge in [-0.2, -0.15) is 0 Å². The highest BCUT2D eigenvalue weighted by atomic mass is 28.4. The molecule has 0 amide bonds. The highest BCUT2D eigenvalue weighted by molar-refractivity contribution is 6.67. The smallest absolute Gasteiger partial charge is 0.337 e. The van der Waals surface area contributed by atoms with Crippen molar-refractivity contribution in [3.63, 3.8) is 0 Å². The van der Waals surface area contributed by atoms with Crippen molar-refractivity contribution in [1.29, 1.82) is 0 Å². The molecule has 0 aliphatic heterocycles. The van der Waals surface area contributed by atoms with Crippen molar-refractivity contribution in [1.82, 2.24) is 0 Å². The maximum atomic E-state index is 6.15. The molecule has 0 aliphatic rings. The lowest BCUT2D eigenvalue weighted by atomic mass is 10.0. The molecular formula is C17H28O2Si. The summed E-state index contributed by atoms with van der Waals surface area (Å²) in [6, 6.07) is 10.5. The molecule has 0 unspecified atom stereocenters. The minimum absolute atomic E-state index is 0.757. The van der Waals surface area contributed by atoms with Crippen molar-refractivity contribution >= 4 is 14.6 Å². The average molecular weight is 292 g/mol. The fourth-order valence-corrected chi connectivity index (χ4v) is 4.89. The van der Waals surface area contributed by atoms with Crippen LogP contribution in [0.25, 0.3) is 6.08 Å². The molecule has 1 aromatic carbocycles. The Bertz CT molecular complexity index is 400. The molecule has 0 heterocycles. The van der Waals surface area contributed by atoms with Gasteiger partial charge in [-0.3, -0.25) is 0 Å². The van der Waals surface area contributed by atoms with Crippen LogP contribution >= 0.6 is 0 Å². The lowest BCUT2D eigenvalue weighted by molar-refractivity contribution is 0.174. The molecule has 0 fully saturated rings. The van der Waals surface area contributed by atoms with E-state index in [1.54, 1.807) is 0 Å². The highest BCUT2D eigenvalue weighted by Gasteiger charge is 2.32. The Kier molecular flexibility index (Phi) is 7.81. The molecule has 20 heavy (non-hydrogen) atoms. The molecular weight excluding hydrogens is 264 g/mol. The van der Waals surface area contributed by atoms with Gasteiger partial charge in [0.05, 0.1) is 0 Å². The largest absolute Gasteiger partial charge is 0.395 e. The van der Waals surface area contributed by atoms with Crippen molar-refractivity contribution in [2.45, 2.75) is 45.7 Å². The van der Waals surface area contributed by atoms with Gasteiger partial charge >= 0.3 is 8.56 Å². The number of rotatable bonds is 10. The topological polar surface area (TPSA) is 18.5 Å². The summed E-state index contributed by atoms with van der Waals surface area (Å²) in [6.45, 7) is 11.8. The van der Waals surface area contributed by atoms with E-state index in [4.69, 9.17) is 8.85 Å². The summed E-state index contributed by atoms with van der Waals surface area (Å²) in [6.07, 6.45) is 3.99. The number of benzene rings is 1. The third-order valence-electron chi connectivity index (χ3n) is 3.72. The zero-order chi connectivity index (χ0) is 14.8. The van der Waals surface area contributed by atoms with E-state index < -0.39 is 8.56 Å². The van der Waals surface area contributed by atoms with E-state index >= 15 is 0 Å². The summed E-state index contributed by atoms with van der Waals surface area (Å²) >= 11 is 0. The second-order valence-corrected chi connectivity index (χ2v) is 8.72. The third kappa shape index (κ3) is 4.89. The van der Waals surface area contributed by atoms with E-state index in [1.807, 2.05) is 6.08 Å². The van der Waals surface area contributed by atoms with Crippen molar-refractivity contribution in [2.75, 3.05) is 13.2 Å². The molecule has 0 saturated carbocycles. The molecule has 0 aromatic heterocycles. The minimum atomic E-state index is -1.92. The van der Waals surface area contributed by atoms with Gasteiger partial charge in [0, 0.05) is 13.2 Å². The van der Waals surface area contributed by atoms with Crippen LogP contribution in [0.5, 0.6) is 0 Å². The van der Waals surface area contributed by atoms with Gasteiger partial charge in [0.15, 0.2) is 0 Å². The summed E-state index contributed by atoms with van der Waals surface area (Å²) in [4.78, 5) is 0. The van der Waals surface area contributed by atoms with Crippen molar-refractivity contribution in [2.24, 2.45) is 0 Å². The lowest BCUT2D eigenvalue weighted by Gasteiger charge is -2.28. The van der Waals surface area contributed by atoms with E-state index in [-0.39, 0.29) is 0 Å². The molecule has 3 heteroatoms. The first-order valence-corrected chi connectivity index (χ1v) is 9.92. The first kappa shape index (κ1) is 17.1. The van der Waals surface area contributed by atoms with Gasteiger partial charge in [0.2, 0.25) is 0 Å². The number of hydrogen-bond acceptors (Lipinski definition) is 2. The predicted octanol–water partition coefficient (Wildman–Crippen LogP) is 4.80. The maximum absolute atomic E-state index is 6.15. The van der Waals surface area contributed by atoms with Gasteiger partial charge < -0.3 is 8.85 Å². The zero-order valence-electron chi connectivity index (χ0n) is 13.2. The summed E-state index contributed by atoms with van der Waals surface area (Å²) in [5.41, 5.74) is 2.58. The highest BCUT2D eigenvalue weighted by Crippen LogP contribution is 2.19. The van der Waals surface area contributed by atoms with Gasteiger partial charge in [-0.25, -0.2) is 0 Å². The van der Waals surface area contributed by atoms with Crippen LogP contribution in [0.15, 0.2) is 30.8 Å². The maximum Gasteiger partial charge on any atom is 0.337 e. The average Bonchev–Trinajstić information content (AvgIpc) is 2.51. The van der Waals surface area contributed by atoms with Gasteiger partial charge in [-0.15, -0.1) is 0 Å². The first-order chi connectivity index (χ1) is 9.71. The van der Waals surface area contributed by atoms with E-state index in [0.717, 1.165) is 38.1 Å². The van der Waals surface area contributed by atoms with Crippen LogP contribution in [0.4, 0.5) is 0 Å². The first-order valence-electron chi connectivity index (χ1n) is 7.69. The van der Waals surface area contributed by atoms with E-state index in [0.29, 0.717) is 0 Å². The Morgan fingerprint density at radius 2 is 1.80 bits per heavy atom. The summed E-state index contributed by atoms with van der Waals surface area (Å²) in [5.74, 6) is 0. The van der Waals surface area contributed by atoms with Gasteiger partial charge in [0.25, 0.3) is 0 Å². The fourth-order valence-electron chi connectivity index (χ4n) is 2.44.